The number of furan rings is 1. The molecule has 1 fully saturated rings. The van der Waals surface area contributed by atoms with Crippen LogP contribution in [0.5, 0.6) is 0 Å². The van der Waals surface area contributed by atoms with Gasteiger partial charge in [0.1, 0.15) is 11.5 Å². The van der Waals surface area contributed by atoms with Crippen LogP contribution in [-0.4, -0.2) is 44.8 Å². The third-order valence-corrected chi connectivity index (χ3v) is 5.86. The van der Waals surface area contributed by atoms with Crippen LogP contribution in [-0.2, 0) is 0 Å². The van der Waals surface area contributed by atoms with Gasteiger partial charge in [0, 0.05) is 19.3 Å². The second kappa shape index (κ2) is 7.03. The molecular formula is C19H19N3O4S. The summed E-state index contributed by atoms with van der Waals surface area (Å²) in [6.07, 6.45) is 4.43. The Morgan fingerprint density at radius 2 is 2.00 bits per heavy atom. The van der Waals surface area contributed by atoms with Crippen LogP contribution >= 0.6 is 11.3 Å². The normalized spacial score (nSPS) is 15.2. The second-order valence-corrected chi connectivity index (χ2v) is 7.70. The van der Waals surface area contributed by atoms with Crippen LogP contribution in [0.1, 0.15) is 44.7 Å². The smallest absolute Gasteiger partial charge is 0.338 e. The Bertz CT molecular complexity index is 979. The molecule has 0 unspecified atom stereocenters. The van der Waals surface area contributed by atoms with Gasteiger partial charge in [-0.15, -0.1) is 11.3 Å². The number of amides is 1. The molecule has 3 aromatic heterocycles. The maximum absolute atomic E-state index is 12.8. The van der Waals surface area contributed by atoms with E-state index in [9.17, 15) is 9.59 Å². The first-order valence-electron chi connectivity index (χ1n) is 8.74. The van der Waals surface area contributed by atoms with Gasteiger partial charge in [-0.05, 0) is 44.0 Å². The van der Waals surface area contributed by atoms with Gasteiger partial charge in [0.15, 0.2) is 0 Å². The average Bonchev–Trinajstić information content (AvgIpc) is 3.41. The molecule has 0 atom stereocenters. The summed E-state index contributed by atoms with van der Waals surface area (Å²) < 4.78 is 7.33. The van der Waals surface area contributed by atoms with Crippen molar-refractivity contribution in [2.24, 2.45) is 0 Å². The molecule has 0 spiro atoms. The molecule has 27 heavy (non-hydrogen) atoms. The van der Waals surface area contributed by atoms with Crippen LogP contribution < -0.4 is 0 Å². The zero-order valence-electron chi connectivity index (χ0n) is 14.8. The molecule has 0 aliphatic carbocycles. The minimum atomic E-state index is -0.978. The number of likely N-dealkylation sites (tertiary alicyclic amines) is 1. The number of hydrogen-bond donors (Lipinski definition) is 1. The molecule has 3 aromatic rings. The first-order chi connectivity index (χ1) is 13.0. The van der Waals surface area contributed by atoms with Crippen LogP contribution in [0.4, 0.5) is 0 Å². The summed E-state index contributed by atoms with van der Waals surface area (Å²) in [6, 6.07) is 7.70. The molecule has 7 nitrogen and oxygen atoms in total. The first-order valence-corrected chi connectivity index (χ1v) is 9.56. The maximum Gasteiger partial charge on any atom is 0.338 e. The molecule has 0 radical (unpaired) electrons. The number of nitrogens with zero attached hydrogens (tertiary/aromatic N) is 3. The lowest BCUT2D eigenvalue weighted by atomic mass is 10.1. The van der Waals surface area contributed by atoms with Crippen molar-refractivity contribution >= 4 is 23.2 Å². The highest BCUT2D eigenvalue weighted by Crippen LogP contribution is 2.31. The van der Waals surface area contributed by atoms with E-state index in [0.717, 1.165) is 29.2 Å². The molecule has 0 bridgehead atoms. The highest BCUT2D eigenvalue weighted by atomic mass is 32.1. The van der Waals surface area contributed by atoms with Gasteiger partial charge >= 0.3 is 5.97 Å². The maximum atomic E-state index is 12.8. The molecule has 4 rings (SSSR count). The summed E-state index contributed by atoms with van der Waals surface area (Å²) >= 11 is 1.44. The number of rotatable bonds is 4. The molecule has 0 aromatic carbocycles. The highest BCUT2D eigenvalue weighted by Gasteiger charge is 2.26. The van der Waals surface area contributed by atoms with Crippen molar-refractivity contribution < 1.29 is 19.1 Å². The Labute approximate surface area is 159 Å². The van der Waals surface area contributed by atoms with Gasteiger partial charge in [-0.3, -0.25) is 9.48 Å². The fourth-order valence-corrected chi connectivity index (χ4v) is 4.23. The van der Waals surface area contributed by atoms with Crippen LogP contribution in [0.3, 0.4) is 0 Å². The lowest BCUT2D eigenvalue weighted by Crippen LogP contribution is -2.38. The predicted octanol–water partition coefficient (Wildman–Crippen LogP) is 3.69. The van der Waals surface area contributed by atoms with Crippen molar-refractivity contribution in [2.45, 2.75) is 25.8 Å². The minimum Gasteiger partial charge on any atom is -0.478 e. The molecule has 1 amide bonds. The van der Waals surface area contributed by atoms with Crippen molar-refractivity contribution in [3.63, 3.8) is 0 Å². The van der Waals surface area contributed by atoms with Crippen molar-refractivity contribution in [2.75, 3.05) is 13.1 Å². The van der Waals surface area contributed by atoms with E-state index in [4.69, 9.17) is 9.52 Å². The number of aromatic carboxylic acids is 1. The van der Waals surface area contributed by atoms with Crippen molar-refractivity contribution in [1.29, 1.82) is 0 Å². The summed E-state index contributed by atoms with van der Waals surface area (Å²) in [5, 5.41) is 13.2. The largest absolute Gasteiger partial charge is 0.478 e. The van der Waals surface area contributed by atoms with E-state index < -0.39 is 5.97 Å². The van der Waals surface area contributed by atoms with Crippen LogP contribution in [0.15, 0.2) is 41.1 Å². The molecule has 8 heteroatoms. The molecule has 1 aliphatic heterocycles. The number of thiophene rings is 1. The summed E-state index contributed by atoms with van der Waals surface area (Å²) in [7, 11) is 0. The van der Waals surface area contributed by atoms with Crippen molar-refractivity contribution in [1.82, 2.24) is 14.7 Å². The number of aromatic nitrogens is 2. The van der Waals surface area contributed by atoms with E-state index in [2.05, 4.69) is 5.10 Å². The third kappa shape index (κ3) is 3.52. The van der Waals surface area contributed by atoms with Gasteiger partial charge in [-0.1, -0.05) is 0 Å². The lowest BCUT2D eigenvalue weighted by Gasteiger charge is -2.31. The molecule has 1 aliphatic rings. The van der Waals surface area contributed by atoms with E-state index in [1.165, 1.54) is 17.5 Å². The van der Waals surface area contributed by atoms with Crippen LogP contribution in [0, 0.1) is 6.92 Å². The van der Waals surface area contributed by atoms with Crippen LogP contribution in [0.2, 0.25) is 0 Å². The number of carboxylic acid groups (broad SMARTS) is 1. The van der Waals surface area contributed by atoms with Crippen molar-refractivity contribution in [3.8, 4) is 10.6 Å². The van der Waals surface area contributed by atoms with Crippen LogP contribution in [0.25, 0.3) is 10.6 Å². The number of hydrogen-bond acceptors (Lipinski definition) is 5. The predicted molar refractivity (Wildman–Crippen MR) is 100 cm³/mol. The summed E-state index contributed by atoms with van der Waals surface area (Å²) in [5.74, 6) is 0.676. The Morgan fingerprint density at radius 1 is 1.22 bits per heavy atom. The summed E-state index contributed by atoms with van der Waals surface area (Å²) in [5.41, 5.74) is 0.188. The monoisotopic (exact) mass is 385 g/mol. The lowest BCUT2D eigenvalue weighted by molar-refractivity contribution is 0.0691. The molecule has 1 N–H and O–H groups in total. The fraction of sp³-hybridized carbons (Fsp3) is 0.316. The van der Waals surface area contributed by atoms with Gasteiger partial charge < -0.3 is 14.4 Å². The fourth-order valence-electron chi connectivity index (χ4n) is 3.29. The van der Waals surface area contributed by atoms with E-state index in [0.29, 0.717) is 18.0 Å². The topological polar surface area (TPSA) is 88.6 Å². The van der Waals surface area contributed by atoms with Gasteiger partial charge in [0.25, 0.3) is 5.91 Å². The number of carboxylic acids is 1. The standard InChI is InChI=1S/C19H19N3O4S/c1-12-2-3-15(26-12)16-4-5-17(27-16)18(23)21-8-6-14(7-9-21)22-11-13(10-20-22)19(24)25/h2-5,10-11,14H,6-9H2,1H3,(H,24,25). The first kappa shape index (κ1) is 17.5. The number of carbonyl (C=O) groups excluding carboxylic acids is 1. The zero-order chi connectivity index (χ0) is 19.0. The van der Waals surface area contributed by atoms with Gasteiger partial charge in [-0.25, -0.2) is 4.79 Å². The van der Waals surface area contributed by atoms with E-state index >= 15 is 0 Å². The average molecular weight is 385 g/mol. The molecule has 0 saturated carbocycles. The third-order valence-electron chi connectivity index (χ3n) is 4.77. The van der Waals surface area contributed by atoms with E-state index in [-0.39, 0.29) is 17.5 Å². The van der Waals surface area contributed by atoms with E-state index in [1.807, 2.05) is 36.1 Å². The molecule has 1 saturated heterocycles. The van der Waals surface area contributed by atoms with Gasteiger partial charge in [-0.2, -0.15) is 5.10 Å². The SMILES string of the molecule is Cc1ccc(-c2ccc(C(=O)N3CCC(n4cc(C(=O)O)cn4)CC3)s2)o1. The Balaban J connectivity index is 1.40. The molecule has 140 valence electrons. The van der Waals surface area contributed by atoms with E-state index in [1.54, 1.807) is 10.9 Å². The second-order valence-electron chi connectivity index (χ2n) is 6.61. The van der Waals surface area contributed by atoms with Gasteiger partial charge in [0.05, 0.1) is 27.6 Å². The number of carbonyl (C=O) groups is 2. The Hall–Kier alpha value is -2.87. The number of aryl methyl sites for hydroxylation is 1. The minimum absolute atomic E-state index is 0.0275. The van der Waals surface area contributed by atoms with Gasteiger partial charge in [0.2, 0.25) is 0 Å². The Kier molecular flexibility index (Phi) is 4.57. The van der Waals surface area contributed by atoms with Crippen molar-refractivity contribution in [3.05, 3.63) is 52.9 Å². The number of piperidine rings is 1. The quantitative estimate of drug-likeness (QED) is 0.740. The summed E-state index contributed by atoms with van der Waals surface area (Å²) in [4.78, 5) is 27.3. The Morgan fingerprint density at radius 3 is 2.63 bits per heavy atom. The molecule has 4 heterocycles. The summed E-state index contributed by atoms with van der Waals surface area (Å²) in [6.45, 7) is 3.14. The molecular weight excluding hydrogens is 366 g/mol. The zero-order valence-corrected chi connectivity index (χ0v) is 15.6. The highest BCUT2D eigenvalue weighted by molar-refractivity contribution is 7.17.